The second-order valence-electron chi connectivity index (χ2n) is 4.49. The molecule has 0 aromatic carbocycles. The van der Waals surface area contributed by atoms with Crippen LogP contribution in [0.3, 0.4) is 0 Å². The normalized spacial score (nSPS) is 25.6. The molecule has 16 heavy (non-hydrogen) atoms. The zero-order valence-electron chi connectivity index (χ0n) is 9.63. The number of tetrazole rings is 1. The number of nitrogens with zero attached hydrogens (tertiary/aromatic N) is 4. The predicted octanol–water partition coefficient (Wildman–Crippen LogP) is 0.421. The predicted molar refractivity (Wildman–Crippen MR) is 59.8 cm³/mol. The van der Waals surface area contributed by atoms with Crippen molar-refractivity contribution in [2.75, 3.05) is 18.5 Å². The molecule has 1 aliphatic carbocycles. The molecule has 90 valence electrons. The lowest BCUT2D eigenvalue weighted by Crippen LogP contribution is -2.29. The maximum atomic E-state index is 9.30. The van der Waals surface area contributed by atoms with Gasteiger partial charge in [0.05, 0.1) is 0 Å². The lowest BCUT2D eigenvalue weighted by Gasteiger charge is -2.30. The van der Waals surface area contributed by atoms with Crippen molar-refractivity contribution in [2.24, 2.45) is 18.9 Å². The van der Waals surface area contributed by atoms with Crippen LogP contribution in [0.25, 0.3) is 0 Å². The van der Waals surface area contributed by atoms with E-state index < -0.39 is 0 Å². The van der Waals surface area contributed by atoms with Gasteiger partial charge in [-0.1, -0.05) is 17.9 Å². The number of aliphatic hydroxyl groups excluding tert-OH is 1. The van der Waals surface area contributed by atoms with Crippen LogP contribution in [0.5, 0.6) is 0 Å². The molecule has 0 saturated heterocycles. The largest absolute Gasteiger partial charge is 0.396 e. The Hall–Kier alpha value is -1.17. The SMILES string of the molecule is Cn1nnnc1NCC1CCCCC1CO. The minimum absolute atomic E-state index is 0.295. The van der Waals surface area contributed by atoms with E-state index in [-0.39, 0.29) is 0 Å². The third-order valence-electron chi connectivity index (χ3n) is 3.44. The van der Waals surface area contributed by atoms with Crippen LogP contribution in [0, 0.1) is 11.8 Å². The maximum absolute atomic E-state index is 9.30. The quantitative estimate of drug-likeness (QED) is 0.776. The van der Waals surface area contributed by atoms with Crippen molar-refractivity contribution in [2.45, 2.75) is 25.7 Å². The van der Waals surface area contributed by atoms with Crippen LogP contribution in [0.1, 0.15) is 25.7 Å². The van der Waals surface area contributed by atoms with Gasteiger partial charge in [0.15, 0.2) is 0 Å². The van der Waals surface area contributed by atoms with Gasteiger partial charge >= 0.3 is 0 Å². The minimum Gasteiger partial charge on any atom is -0.396 e. The zero-order chi connectivity index (χ0) is 11.4. The zero-order valence-corrected chi connectivity index (χ0v) is 9.63. The molecule has 1 fully saturated rings. The molecule has 1 aromatic heterocycles. The van der Waals surface area contributed by atoms with Gasteiger partial charge in [-0.3, -0.25) is 0 Å². The first kappa shape index (κ1) is 11.3. The van der Waals surface area contributed by atoms with Gasteiger partial charge in [-0.15, -0.1) is 0 Å². The number of hydrogen-bond acceptors (Lipinski definition) is 5. The Bertz CT molecular complexity index is 327. The van der Waals surface area contributed by atoms with Crippen molar-refractivity contribution in [1.29, 1.82) is 0 Å². The summed E-state index contributed by atoms with van der Waals surface area (Å²) < 4.78 is 1.62. The summed E-state index contributed by atoms with van der Waals surface area (Å²) in [6, 6.07) is 0. The number of aryl methyl sites for hydroxylation is 1. The molecule has 0 bridgehead atoms. The average molecular weight is 225 g/mol. The molecule has 2 unspecified atom stereocenters. The fourth-order valence-electron chi connectivity index (χ4n) is 2.40. The molecule has 0 amide bonds. The van der Waals surface area contributed by atoms with Crippen LogP contribution in [0.4, 0.5) is 5.95 Å². The smallest absolute Gasteiger partial charge is 0.242 e. The van der Waals surface area contributed by atoms with Crippen LogP contribution in [0.2, 0.25) is 0 Å². The van der Waals surface area contributed by atoms with Gasteiger partial charge in [0, 0.05) is 20.2 Å². The van der Waals surface area contributed by atoms with E-state index in [0.29, 0.717) is 24.4 Å². The number of nitrogens with one attached hydrogen (secondary N) is 1. The topological polar surface area (TPSA) is 75.9 Å². The van der Waals surface area contributed by atoms with Gasteiger partial charge in [0.1, 0.15) is 0 Å². The highest BCUT2D eigenvalue weighted by molar-refractivity contribution is 5.20. The average Bonchev–Trinajstić information content (AvgIpc) is 2.72. The molecular formula is C10H19N5O. The van der Waals surface area contributed by atoms with Crippen molar-refractivity contribution in [1.82, 2.24) is 20.2 Å². The number of anilines is 1. The molecule has 0 aliphatic heterocycles. The van der Waals surface area contributed by atoms with Crippen LogP contribution in [-0.2, 0) is 7.05 Å². The first-order valence-corrected chi connectivity index (χ1v) is 5.88. The van der Waals surface area contributed by atoms with Crippen molar-refractivity contribution in [3.05, 3.63) is 0 Å². The monoisotopic (exact) mass is 225 g/mol. The lowest BCUT2D eigenvalue weighted by atomic mass is 9.80. The Morgan fingerprint density at radius 3 is 2.75 bits per heavy atom. The Kier molecular flexibility index (Phi) is 3.71. The van der Waals surface area contributed by atoms with Crippen molar-refractivity contribution in [3.63, 3.8) is 0 Å². The van der Waals surface area contributed by atoms with Crippen LogP contribution in [0.15, 0.2) is 0 Å². The summed E-state index contributed by atoms with van der Waals surface area (Å²) in [6.07, 6.45) is 4.83. The van der Waals surface area contributed by atoms with E-state index in [0.717, 1.165) is 13.0 Å². The molecule has 1 aromatic rings. The summed E-state index contributed by atoms with van der Waals surface area (Å²) in [6.45, 7) is 1.14. The number of rotatable bonds is 4. The van der Waals surface area contributed by atoms with Gasteiger partial charge in [-0.25, -0.2) is 4.68 Å². The summed E-state index contributed by atoms with van der Waals surface area (Å²) in [4.78, 5) is 0. The Morgan fingerprint density at radius 2 is 2.12 bits per heavy atom. The minimum atomic E-state index is 0.295. The van der Waals surface area contributed by atoms with Gasteiger partial charge in [-0.2, -0.15) is 0 Å². The molecule has 1 aliphatic rings. The van der Waals surface area contributed by atoms with Crippen LogP contribution in [-0.4, -0.2) is 38.5 Å². The Balaban J connectivity index is 1.86. The first-order chi connectivity index (χ1) is 7.81. The molecule has 1 heterocycles. The second kappa shape index (κ2) is 5.25. The van der Waals surface area contributed by atoms with Gasteiger partial charge in [0.2, 0.25) is 5.95 Å². The van der Waals surface area contributed by atoms with E-state index in [1.165, 1.54) is 19.3 Å². The number of aliphatic hydroxyl groups is 1. The second-order valence-corrected chi connectivity index (χ2v) is 4.49. The highest BCUT2D eigenvalue weighted by Gasteiger charge is 2.24. The van der Waals surface area contributed by atoms with E-state index in [1.54, 1.807) is 4.68 Å². The molecule has 2 N–H and O–H groups in total. The van der Waals surface area contributed by atoms with Crippen molar-refractivity contribution in [3.8, 4) is 0 Å². The molecule has 0 spiro atoms. The fourth-order valence-corrected chi connectivity index (χ4v) is 2.40. The van der Waals surface area contributed by atoms with E-state index in [4.69, 9.17) is 0 Å². The van der Waals surface area contributed by atoms with E-state index in [1.807, 2.05) is 7.05 Å². The van der Waals surface area contributed by atoms with Crippen molar-refractivity contribution < 1.29 is 5.11 Å². The summed E-state index contributed by atoms with van der Waals surface area (Å²) in [7, 11) is 1.81. The summed E-state index contributed by atoms with van der Waals surface area (Å²) >= 11 is 0. The third kappa shape index (κ3) is 2.49. The summed E-state index contributed by atoms with van der Waals surface area (Å²) in [5.41, 5.74) is 0. The highest BCUT2D eigenvalue weighted by Crippen LogP contribution is 2.29. The molecule has 6 nitrogen and oxygen atoms in total. The molecule has 2 atom stereocenters. The van der Waals surface area contributed by atoms with Gasteiger partial charge < -0.3 is 10.4 Å². The molecule has 1 saturated carbocycles. The standard InChI is InChI=1S/C10H19N5O/c1-15-10(12-13-14-15)11-6-8-4-2-3-5-9(8)7-16/h8-9,16H,2-7H2,1H3,(H,11,12,14). The Morgan fingerprint density at radius 1 is 1.38 bits per heavy atom. The van der Waals surface area contributed by atoms with E-state index in [2.05, 4.69) is 20.8 Å². The molecule has 0 radical (unpaired) electrons. The Labute approximate surface area is 95.0 Å². The molecule has 2 rings (SSSR count). The number of hydrogen-bond donors (Lipinski definition) is 2. The van der Waals surface area contributed by atoms with Gasteiger partial charge in [-0.05, 0) is 35.1 Å². The number of aromatic nitrogens is 4. The summed E-state index contributed by atoms with van der Waals surface area (Å²) in [5, 5.41) is 23.8. The highest BCUT2D eigenvalue weighted by atomic mass is 16.3. The van der Waals surface area contributed by atoms with Crippen molar-refractivity contribution >= 4 is 5.95 Å². The molecular weight excluding hydrogens is 206 g/mol. The van der Waals surface area contributed by atoms with E-state index >= 15 is 0 Å². The van der Waals surface area contributed by atoms with Gasteiger partial charge in [0.25, 0.3) is 0 Å². The van der Waals surface area contributed by atoms with Crippen LogP contribution >= 0.6 is 0 Å². The first-order valence-electron chi connectivity index (χ1n) is 5.88. The lowest BCUT2D eigenvalue weighted by molar-refractivity contribution is 0.141. The van der Waals surface area contributed by atoms with E-state index in [9.17, 15) is 5.11 Å². The molecule has 6 heteroatoms. The maximum Gasteiger partial charge on any atom is 0.242 e. The van der Waals surface area contributed by atoms with Crippen LogP contribution < -0.4 is 5.32 Å². The summed E-state index contributed by atoms with van der Waals surface area (Å²) in [5.74, 6) is 1.67. The fraction of sp³-hybridized carbons (Fsp3) is 0.900. The third-order valence-corrected chi connectivity index (χ3v) is 3.44.